The molecule has 5 rings (SSSR count). The summed E-state index contributed by atoms with van der Waals surface area (Å²) < 4.78 is 28.2. The van der Waals surface area contributed by atoms with Crippen LogP contribution in [0.4, 0.5) is 11.4 Å². The molecule has 14 heteroatoms. The summed E-state index contributed by atoms with van der Waals surface area (Å²) in [4.78, 5) is 49.3. The summed E-state index contributed by atoms with van der Waals surface area (Å²) in [7, 11) is -2.56. The van der Waals surface area contributed by atoms with Gasteiger partial charge in [0.2, 0.25) is 11.8 Å². The number of carbonyl (C=O) groups is 3. The van der Waals surface area contributed by atoms with Gasteiger partial charge in [-0.1, -0.05) is 64.1 Å². The van der Waals surface area contributed by atoms with E-state index in [0.717, 1.165) is 10.2 Å². The molecule has 0 atom stereocenters. The van der Waals surface area contributed by atoms with Crippen molar-refractivity contribution in [3.63, 3.8) is 0 Å². The molecule has 48 heavy (non-hydrogen) atoms. The lowest BCUT2D eigenvalue weighted by Crippen LogP contribution is -2.53. The lowest BCUT2D eigenvalue weighted by molar-refractivity contribution is -0.132. The first-order valence-corrected chi connectivity index (χ1v) is 17.2. The molecule has 250 valence electrons. The van der Waals surface area contributed by atoms with Gasteiger partial charge >= 0.3 is 0 Å². The van der Waals surface area contributed by atoms with E-state index in [4.69, 9.17) is 28.0 Å². The van der Waals surface area contributed by atoms with Crippen LogP contribution < -0.4 is 19.5 Å². The van der Waals surface area contributed by atoms with E-state index in [1.54, 1.807) is 47.2 Å². The second-order valence-electron chi connectivity index (χ2n) is 10.9. The molecule has 0 radical (unpaired) electrons. The Bertz CT molecular complexity index is 1860. The first-order chi connectivity index (χ1) is 23.0. The SMILES string of the molecule is CN(C(=O)CN1CCN(C(=O)CNC(=O)c2ccc(S(=O)(=O)N(Oc3ccc(Cl)cc3Cl)c3ccccc3)cc2)CC1)c1ccccc1. The Labute approximate surface area is 289 Å². The molecule has 1 aliphatic heterocycles. The number of halogens is 2. The van der Waals surface area contributed by atoms with Crippen LogP contribution in [0.3, 0.4) is 0 Å². The molecule has 0 bridgehead atoms. The van der Waals surface area contributed by atoms with Gasteiger partial charge in [-0.3, -0.25) is 19.3 Å². The van der Waals surface area contributed by atoms with Crippen LogP contribution in [-0.4, -0.2) is 82.3 Å². The van der Waals surface area contributed by atoms with Crippen molar-refractivity contribution in [2.45, 2.75) is 4.90 Å². The van der Waals surface area contributed by atoms with Crippen LogP contribution in [0, 0.1) is 0 Å². The molecule has 0 saturated carbocycles. The average Bonchev–Trinajstić information content (AvgIpc) is 3.10. The van der Waals surface area contributed by atoms with Crippen LogP contribution in [0.5, 0.6) is 5.75 Å². The van der Waals surface area contributed by atoms with Gasteiger partial charge in [0, 0.05) is 49.5 Å². The van der Waals surface area contributed by atoms with Crippen LogP contribution >= 0.6 is 23.2 Å². The smallest absolute Gasteiger partial charge is 0.295 e. The van der Waals surface area contributed by atoms with Crippen molar-refractivity contribution in [2.75, 3.05) is 55.7 Å². The molecule has 0 aliphatic carbocycles. The van der Waals surface area contributed by atoms with Crippen LogP contribution in [0.25, 0.3) is 0 Å². The number of rotatable bonds is 11. The second-order valence-corrected chi connectivity index (χ2v) is 13.5. The number of anilines is 2. The third kappa shape index (κ3) is 8.45. The van der Waals surface area contributed by atoms with Gasteiger partial charge < -0.3 is 20.0 Å². The molecule has 1 heterocycles. The number of nitrogens with zero attached hydrogens (tertiary/aromatic N) is 4. The van der Waals surface area contributed by atoms with Gasteiger partial charge in [0.05, 0.1) is 28.7 Å². The Morgan fingerprint density at radius 2 is 1.42 bits per heavy atom. The number of likely N-dealkylation sites (N-methyl/N-ethyl adjacent to an activating group) is 1. The normalized spacial score (nSPS) is 13.4. The van der Waals surface area contributed by atoms with Crippen LogP contribution in [-0.2, 0) is 19.6 Å². The largest absolute Gasteiger partial charge is 0.363 e. The van der Waals surface area contributed by atoms with Gasteiger partial charge in [-0.25, -0.2) is 0 Å². The summed E-state index contributed by atoms with van der Waals surface area (Å²) in [5.41, 5.74) is 1.20. The van der Waals surface area contributed by atoms with Gasteiger partial charge in [-0.2, -0.15) is 8.42 Å². The minimum atomic E-state index is -4.29. The molecule has 1 aliphatic rings. The number of benzene rings is 4. The van der Waals surface area contributed by atoms with Gasteiger partial charge in [0.1, 0.15) is 0 Å². The number of nitrogens with one attached hydrogen (secondary N) is 1. The molecule has 0 unspecified atom stereocenters. The maximum absolute atomic E-state index is 13.7. The molecule has 1 N–H and O–H groups in total. The minimum Gasteiger partial charge on any atom is -0.363 e. The fourth-order valence-electron chi connectivity index (χ4n) is 4.92. The van der Waals surface area contributed by atoms with Crippen LogP contribution in [0.1, 0.15) is 10.4 Å². The van der Waals surface area contributed by atoms with Crippen LogP contribution in [0.15, 0.2) is 108 Å². The van der Waals surface area contributed by atoms with Gasteiger partial charge in [0.25, 0.3) is 15.9 Å². The lowest BCUT2D eigenvalue weighted by atomic mass is 10.2. The highest BCUT2D eigenvalue weighted by Gasteiger charge is 2.29. The first kappa shape index (κ1) is 34.7. The molecule has 0 spiro atoms. The van der Waals surface area contributed by atoms with E-state index in [0.29, 0.717) is 31.2 Å². The highest BCUT2D eigenvalue weighted by molar-refractivity contribution is 7.92. The van der Waals surface area contributed by atoms with E-state index in [-0.39, 0.29) is 51.8 Å². The van der Waals surface area contributed by atoms with Crippen molar-refractivity contribution >= 4 is 62.3 Å². The van der Waals surface area contributed by atoms with Crippen molar-refractivity contribution in [1.29, 1.82) is 0 Å². The van der Waals surface area contributed by atoms with E-state index in [1.807, 2.05) is 35.2 Å². The topological polar surface area (TPSA) is 120 Å². The number of para-hydroxylation sites is 2. The first-order valence-electron chi connectivity index (χ1n) is 15.0. The molecule has 0 aromatic heterocycles. The molecule has 4 aromatic carbocycles. The summed E-state index contributed by atoms with van der Waals surface area (Å²) in [5, 5.41) is 3.08. The number of amides is 3. The fraction of sp³-hybridized carbons (Fsp3) is 0.206. The Hall–Kier alpha value is -4.62. The van der Waals surface area contributed by atoms with Gasteiger partial charge in [-0.15, -0.1) is 0 Å². The number of hydrogen-bond acceptors (Lipinski definition) is 7. The minimum absolute atomic E-state index is 0.0432. The summed E-state index contributed by atoms with van der Waals surface area (Å²) in [6.07, 6.45) is 0. The van der Waals surface area contributed by atoms with Gasteiger partial charge in [-0.05, 0) is 66.7 Å². The van der Waals surface area contributed by atoms with E-state index < -0.39 is 15.9 Å². The summed E-state index contributed by atoms with van der Waals surface area (Å²) in [6, 6.07) is 27.2. The molecule has 4 aromatic rings. The third-order valence-electron chi connectivity index (χ3n) is 7.68. The zero-order valence-corrected chi connectivity index (χ0v) is 28.3. The molecule has 11 nitrogen and oxygen atoms in total. The average molecular weight is 711 g/mol. The summed E-state index contributed by atoms with van der Waals surface area (Å²) in [5.74, 6) is -0.769. The van der Waals surface area contributed by atoms with E-state index >= 15 is 0 Å². The molecule has 3 amide bonds. The van der Waals surface area contributed by atoms with Gasteiger partial charge in [0.15, 0.2) is 5.75 Å². The number of hydrogen-bond donors (Lipinski definition) is 1. The zero-order chi connectivity index (χ0) is 34.3. The standard InChI is InChI=1S/C34H33Cl2N5O6S/c1-38(27-8-4-2-5-9-27)33(43)24-39-18-20-40(21-19-39)32(42)23-37-34(44)25-12-15-29(16-13-25)48(45,46)41(28-10-6-3-7-11-28)47-31-17-14-26(35)22-30(31)36/h2-17,22H,18-21,23-24H2,1H3,(H,37,44). The van der Waals surface area contributed by atoms with Crippen molar-refractivity contribution in [3.8, 4) is 5.75 Å². The number of carbonyl (C=O) groups excluding carboxylic acids is 3. The quantitative estimate of drug-likeness (QED) is 0.224. The Morgan fingerprint density at radius 1 is 0.812 bits per heavy atom. The van der Waals surface area contributed by atoms with E-state index in [2.05, 4.69) is 5.32 Å². The predicted octanol–water partition coefficient (Wildman–Crippen LogP) is 4.72. The molecular formula is C34H33Cl2N5O6S. The Balaban J connectivity index is 1.15. The molecular weight excluding hydrogens is 677 g/mol. The van der Waals surface area contributed by atoms with Crippen molar-refractivity contribution in [3.05, 3.63) is 119 Å². The Kier molecular flexibility index (Phi) is 11.2. The number of sulfonamides is 1. The van der Waals surface area contributed by atoms with E-state index in [9.17, 15) is 22.8 Å². The summed E-state index contributed by atoms with van der Waals surface area (Å²) in [6.45, 7) is 1.90. The maximum Gasteiger partial charge on any atom is 0.295 e. The lowest BCUT2D eigenvalue weighted by Gasteiger charge is -2.35. The number of piperazine rings is 1. The van der Waals surface area contributed by atoms with Crippen molar-refractivity contribution in [1.82, 2.24) is 15.1 Å². The monoisotopic (exact) mass is 709 g/mol. The second kappa shape index (κ2) is 15.5. The van der Waals surface area contributed by atoms with Crippen molar-refractivity contribution in [2.24, 2.45) is 0 Å². The maximum atomic E-state index is 13.7. The predicted molar refractivity (Wildman–Crippen MR) is 185 cm³/mol. The third-order valence-corrected chi connectivity index (χ3v) is 9.80. The molecule has 1 fully saturated rings. The highest BCUT2D eigenvalue weighted by Crippen LogP contribution is 2.32. The molecule has 1 saturated heterocycles. The zero-order valence-electron chi connectivity index (χ0n) is 26.0. The van der Waals surface area contributed by atoms with Crippen molar-refractivity contribution < 1.29 is 27.6 Å². The summed E-state index contributed by atoms with van der Waals surface area (Å²) >= 11 is 12.2. The van der Waals surface area contributed by atoms with E-state index in [1.165, 1.54) is 42.5 Å². The van der Waals surface area contributed by atoms with Crippen LogP contribution in [0.2, 0.25) is 10.0 Å². The fourth-order valence-corrected chi connectivity index (χ4v) is 6.61. The highest BCUT2D eigenvalue weighted by atomic mass is 35.5. The Morgan fingerprint density at radius 3 is 2.02 bits per heavy atom.